The van der Waals surface area contributed by atoms with Gasteiger partial charge in [0, 0.05) is 50.9 Å². The average molecular weight is 622 g/mol. The number of hydrogen-bond donors (Lipinski definition) is 2. The Morgan fingerprint density at radius 3 is 2.57 bits per heavy atom. The van der Waals surface area contributed by atoms with Crippen molar-refractivity contribution in [3.8, 4) is 17.1 Å². The number of benzene rings is 1. The molecule has 2 saturated heterocycles. The number of imidazole rings is 1. The second kappa shape index (κ2) is 10.8. The number of carbonyl (C=O) groups is 1. The van der Waals surface area contributed by atoms with Gasteiger partial charge in [-0.2, -0.15) is 4.98 Å². The third-order valence-electron chi connectivity index (χ3n) is 8.25. The lowest BCUT2D eigenvalue weighted by Crippen LogP contribution is -2.54. The van der Waals surface area contributed by atoms with Crippen LogP contribution in [0.3, 0.4) is 0 Å². The number of para-hydroxylation sites is 1. The first-order valence-electron chi connectivity index (χ1n) is 14.0. The van der Waals surface area contributed by atoms with Crippen LogP contribution in [0, 0.1) is 5.82 Å². The summed E-state index contributed by atoms with van der Waals surface area (Å²) < 4.78 is 43.3. The second-order valence-corrected chi connectivity index (χ2v) is 13.3. The van der Waals surface area contributed by atoms with E-state index in [0.29, 0.717) is 38.3 Å². The Hall–Kier alpha value is -4.63. The van der Waals surface area contributed by atoms with Gasteiger partial charge in [-0.3, -0.25) is 4.79 Å². The quantitative estimate of drug-likeness (QED) is 0.302. The zero-order valence-electron chi connectivity index (χ0n) is 24.5. The molecular formula is C29H32FN9O4S. The summed E-state index contributed by atoms with van der Waals surface area (Å²) in [7, 11) is -1.89. The maximum absolute atomic E-state index is 15.9. The number of likely N-dealkylation sites (N-methyl/N-ethyl adjacent to an activating group) is 1. The number of aromatic nitrogens is 5. The molecule has 3 N–H and O–H groups in total. The number of hydrogen-bond acceptors (Lipinski definition) is 10. The zero-order chi connectivity index (χ0) is 31.5. The minimum atomic E-state index is -3.84. The van der Waals surface area contributed by atoms with Crippen molar-refractivity contribution in [1.29, 1.82) is 0 Å². The zero-order valence-corrected chi connectivity index (χ0v) is 25.3. The standard InChI is InChI=1S/C29H32FN9O4S/c1-5-22(40)37-9-10-38(16(2)12-37)27-19-11-20(30)23(24-26(31)33-15-32-24)34-28(19)39(29(41)35-27)25-18(17-13-36(3)14-17)7-6-8-21(25)44(4,42)43/h5-8,11,15-17H,1,9-10,12-14,31H2,2-4H3,(H,32,33)/t16-/m0/s1. The molecule has 1 atom stereocenters. The minimum Gasteiger partial charge on any atom is -0.382 e. The number of nitrogens with zero attached hydrogens (tertiary/aromatic N) is 7. The van der Waals surface area contributed by atoms with E-state index < -0.39 is 21.3 Å². The summed E-state index contributed by atoms with van der Waals surface area (Å²) in [5.74, 6) is -0.836. The van der Waals surface area contributed by atoms with E-state index in [1.807, 2.05) is 18.9 Å². The summed E-state index contributed by atoms with van der Waals surface area (Å²) in [4.78, 5) is 47.7. The van der Waals surface area contributed by atoms with Crippen molar-refractivity contribution in [1.82, 2.24) is 34.3 Å². The van der Waals surface area contributed by atoms with Crippen molar-refractivity contribution in [3.63, 3.8) is 0 Å². The first-order chi connectivity index (χ1) is 20.9. The van der Waals surface area contributed by atoms with E-state index in [1.165, 1.54) is 29.1 Å². The lowest BCUT2D eigenvalue weighted by Gasteiger charge is -2.40. The third-order valence-corrected chi connectivity index (χ3v) is 9.38. The van der Waals surface area contributed by atoms with Crippen LogP contribution in [0.5, 0.6) is 0 Å². The van der Waals surface area contributed by atoms with Gasteiger partial charge < -0.3 is 25.4 Å². The Bertz CT molecular complexity index is 1980. The second-order valence-electron chi connectivity index (χ2n) is 11.3. The molecule has 15 heteroatoms. The minimum absolute atomic E-state index is 0.00490. The highest BCUT2D eigenvalue weighted by molar-refractivity contribution is 7.90. The van der Waals surface area contributed by atoms with Gasteiger partial charge in [0.15, 0.2) is 27.1 Å². The van der Waals surface area contributed by atoms with Gasteiger partial charge >= 0.3 is 5.69 Å². The summed E-state index contributed by atoms with van der Waals surface area (Å²) in [6, 6.07) is 5.82. The van der Waals surface area contributed by atoms with Crippen LogP contribution < -0.4 is 16.3 Å². The molecule has 2 fully saturated rings. The number of H-pyrrole nitrogens is 1. The molecule has 0 saturated carbocycles. The Morgan fingerprint density at radius 1 is 1.20 bits per heavy atom. The molecule has 2 aliphatic rings. The van der Waals surface area contributed by atoms with Crippen LogP contribution in [-0.4, -0.2) is 101 Å². The van der Waals surface area contributed by atoms with Crippen LogP contribution in [0.15, 0.2) is 52.9 Å². The van der Waals surface area contributed by atoms with Gasteiger partial charge in [-0.1, -0.05) is 18.7 Å². The lowest BCUT2D eigenvalue weighted by molar-refractivity contribution is -0.126. The van der Waals surface area contributed by atoms with Crippen molar-refractivity contribution >= 4 is 38.4 Å². The Labute approximate surface area is 252 Å². The van der Waals surface area contributed by atoms with E-state index in [1.54, 1.807) is 17.0 Å². The summed E-state index contributed by atoms with van der Waals surface area (Å²) in [6.45, 7) is 7.70. The van der Waals surface area contributed by atoms with E-state index in [9.17, 15) is 18.0 Å². The average Bonchev–Trinajstić information content (AvgIpc) is 3.39. The van der Waals surface area contributed by atoms with E-state index >= 15 is 4.39 Å². The smallest absolute Gasteiger partial charge is 0.355 e. The SMILES string of the molecule is C=CC(=O)N1CCN(c2nc(=O)n(-c3c(C4CN(C)C4)cccc3S(C)(=O)=O)c3nc(-c4[nH]cnc4N)c(F)cc23)[C@@H](C)C1. The number of amides is 1. The number of carbonyl (C=O) groups excluding carboxylic acids is 1. The van der Waals surface area contributed by atoms with Crippen LogP contribution in [0.1, 0.15) is 18.4 Å². The van der Waals surface area contributed by atoms with E-state index in [4.69, 9.17) is 5.73 Å². The monoisotopic (exact) mass is 621 g/mol. The van der Waals surface area contributed by atoms with Gasteiger partial charge in [0.2, 0.25) is 5.91 Å². The number of aromatic amines is 1. The Balaban J connectivity index is 1.66. The van der Waals surface area contributed by atoms with Crippen LogP contribution in [0.4, 0.5) is 16.0 Å². The first kappa shape index (κ1) is 29.4. The van der Waals surface area contributed by atoms with Crippen molar-refractivity contribution in [2.75, 3.05) is 56.7 Å². The first-order valence-corrected chi connectivity index (χ1v) is 15.9. The maximum atomic E-state index is 15.9. The van der Waals surface area contributed by atoms with Crippen LogP contribution in [0.2, 0.25) is 0 Å². The Kier molecular flexibility index (Phi) is 7.24. The van der Waals surface area contributed by atoms with Gasteiger partial charge in [-0.15, -0.1) is 0 Å². The van der Waals surface area contributed by atoms with Gasteiger partial charge in [0.1, 0.15) is 17.2 Å². The lowest BCUT2D eigenvalue weighted by atomic mass is 9.90. The van der Waals surface area contributed by atoms with Gasteiger partial charge in [0.25, 0.3) is 0 Å². The number of likely N-dealkylation sites (tertiary alicyclic amines) is 1. The summed E-state index contributed by atoms with van der Waals surface area (Å²) in [5.41, 5.74) is 5.94. The van der Waals surface area contributed by atoms with E-state index in [2.05, 4.69) is 31.4 Å². The van der Waals surface area contributed by atoms with Crippen LogP contribution >= 0.6 is 0 Å². The van der Waals surface area contributed by atoms with Crippen LogP contribution in [0.25, 0.3) is 28.1 Å². The molecular weight excluding hydrogens is 589 g/mol. The molecule has 4 aromatic rings. The van der Waals surface area contributed by atoms with Gasteiger partial charge in [-0.25, -0.2) is 32.1 Å². The molecule has 13 nitrogen and oxygen atoms in total. The van der Waals surface area contributed by atoms with Crippen molar-refractivity contribution < 1.29 is 17.6 Å². The number of nitrogens with one attached hydrogen (secondary N) is 1. The van der Waals surface area contributed by atoms with Crippen LogP contribution in [-0.2, 0) is 14.6 Å². The molecule has 1 amide bonds. The molecule has 0 bridgehead atoms. The largest absolute Gasteiger partial charge is 0.382 e. The number of nitrogens with two attached hydrogens (primary N) is 1. The number of halogens is 1. The normalized spacial score (nSPS) is 18.0. The fourth-order valence-electron chi connectivity index (χ4n) is 6.10. The van der Waals surface area contributed by atoms with E-state index in [-0.39, 0.29) is 62.5 Å². The molecule has 6 rings (SSSR count). The number of fused-ring (bicyclic) bond motifs is 1. The molecule has 0 aliphatic carbocycles. The highest BCUT2D eigenvalue weighted by Gasteiger charge is 2.34. The highest BCUT2D eigenvalue weighted by atomic mass is 32.2. The van der Waals surface area contributed by atoms with E-state index in [0.717, 1.165) is 6.26 Å². The highest BCUT2D eigenvalue weighted by Crippen LogP contribution is 2.37. The number of anilines is 2. The molecule has 5 heterocycles. The van der Waals surface area contributed by atoms with Crippen molar-refractivity contribution in [3.05, 3.63) is 65.1 Å². The van der Waals surface area contributed by atoms with Crippen molar-refractivity contribution in [2.45, 2.75) is 23.8 Å². The fraction of sp³-hybridized carbons (Fsp3) is 0.345. The number of piperazine rings is 1. The number of sulfone groups is 1. The number of rotatable bonds is 6. The van der Waals surface area contributed by atoms with Gasteiger partial charge in [-0.05, 0) is 37.7 Å². The number of nitrogen functional groups attached to an aromatic ring is 1. The molecule has 2 aliphatic heterocycles. The van der Waals surface area contributed by atoms with Crippen molar-refractivity contribution in [2.24, 2.45) is 0 Å². The summed E-state index contributed by atoms with van der Waals surface area (Å²) in [6.07, 6.45) is 3.62. The summed E-state index contributed by atoms with van der Waals surface area (Å²) in [5, 5.41) is 0.194. The molecule has 1 aromatic carbocycles. The van der Waals surface area contributed by atoms with Gasteiger partial charge in [0.05, 0.1) is 22.3 Å². The number of pyridine rings is 1. The Morgan fingerprint density at radius 2 is 1.95 bits per heavy atom. The molecule has 230 valence electrons. The third kappa shape index (κ3) is 4.91. The molecule has 0 unspecified atom stereocenters. The molecule has 0 spiro atoms. The predicted molar refractivity (Wildman–Crippen MR) is 164 cm³/mol. The summed E-state index contributed by atoms with van der Waals surface area (Å²) >= 11 is 0. The maximum Gasteiger partial charge on any atom is 0.355 e. The molecule has 44 heavy (non-hydrogen) atoms. The fourth-order valence-corrected chi connectivity index (χ4v) is 6.99. The topological polar surface area (TPSA) is 163 Å². The molecule has 3 aromatic heterocycles. The molecule has 0 radical (unpaired) electrons. The predicted octanol–water partition coefficient (Wildman–Crippen LogP) is 1.55.